The topological polar surface area (TPSA) is 43.4 Å². The molecule has 1 N–H and O–H groups in total. The Hall–Kier alpha value is -3.54. The number of nitrogens with one attached hydrogen (secondary N) is 1. The number of nitrogens with zero attached hydrogens (tertiary/aromatic N) is 1. The number of hydrogen-bond acceptors (Lipinski definition) is 4. The van der Waals surface area contributed by atoms with Crippen LogP contribution in [-0.2, 0) is 21.4 Å². The van der Waals surface area contributed by atoms with Crippen LogP contribution in [0.3, 0.4) is 0 Å². The van der Waals surface area contributed by atoms with Crippen molar-refractivity contribution in [1.29, 1.82) is 0 Å². The highest BCUT2D eigenvalue weighted by molar-refractivity contribution is 5.64. The lowest BCUT2D eigenvalue weighted by Crippen LogP contribution is -2.39. The van der Waals surface area contributed by atoms with Crippen molar-refractivity contribution < 1.29 is 13.9 Å². The van der Waals surface area contributed by atoms with Crippen LogP contribution in [0.4, 0.5) is 10.1 Å². The molecule has 37 heavy (non-hydrogen) atoms. The molecule has 3 aromatic carbocycles. The first-order chi connectivity index (χ1) is 18.2. The van der Waals surface area contributed by atoms with Gasteiger partial charge in [0.05, 0.1) is 16.9 Å². The molecule has 4 nitrogen and oxygen atoms in total. The highest BCUT2D eigenvalue weighted by atomic mass is 19.1. The van der Waals surface area contributed by atoms with Crippen LogP contribution < -0.4 is 5.32 Å². The third-order valence-electron chi connectivity index (χ3n) is 6.43. The molecular formula is C32H35FN2O2. The Morgan fingerprint density at radius 2 is 1.22 bits per heavy atom. The Morgan fingerprint density at radius 3 is 1.62 bits per heavy atom. The van der Waals surface area contributed by atoms with Gasteiger partial charge in [0, 0.05) is 19.4 Å². The average molecular weight is 499 g/mol. The number of benzene rings is 3. The monoisotopic (exact) mass is 498 g/mol. The molecule has 0 aliphatic carbocycles. The van der Waals surface area contributed by atoms with Gasteiger partial charge in [-0.2, -0.15) is 0 Å². The van der Waals surface area contributed by atoms with Crippen molar-refractivity contribution in [1.82, 2.24) is 4.98 Å². The highest BCUT2D eigenvalue weighted by Crippen LogP contribution is 2.43. The molecule has 192 valence electrons. The molecule has 0 aliphatic heterocycles. The number of ether oxygens (including phenoxy) is 2. The van der Waals surface area contributed by atoms with E-state index in [0.717, 1.165) is 23.1 Å². The first-order valence-corrected chi connectivity index (χ1v) is 13.0. The van der Waals surface area contributed by atoms with Crippen molar-refractivity contribution >= 4 is 5.69 Å². The Bertz CT molecular complexity index is 1150. The summed E-state index contributed by atoms with van der Waals surface area (Å²) in [4.78, 5) is 4.49. The minimum atomic E-state index is -0.896. The van der Waals surface area contributed by atoms with Gasteiger partial charge in [0.1, 0.15) is 5.54 Å². The smallest absolute Gasteiger partial charge is 0.187 e. The van der Waals surface area contributed by atoms with E-state index in [1.165, 1.54) is 0 Å². The Kier molecular flexibility index (Phi) is 9.04. The molecule has 0 saturated carbocycles. The zero-order valence-corrected chi connectivity index (χ0v) is 21.8. The normalized spacial score (nSPS) is 11.6. The van der Waals surface area contributed by atoms with Crippen molar-refractivity contribution in [2.24, 2.45) is 0 Å². The predicted octanol–water partition coefficient (Wildman–Crippen LogP) is 7.65. The minimum absolute atomic E-state index is 0.335. The molecular weight excluding hydrogens is 463 g/mol. The van der Waals surface area contributed by atoms with Gasteiger partial charge in [-0.15, -0.1) is 0 Å². The van der Waals surface area contributed by atoms with E-state index in [0.29, 0.717) is 36.6 Å². The molecule has 4 aromatic rings. The van der Waals surface area contributed by atoms with Gasteiger partial charge in [-0.3, -0.25) is 4.98 Å². The van der Waals surface area contributed by atoms with Crippen LogP contribution in [-0.4, -0.2) is 18.2 Å². The second kappa shape index (κ2) is 12.6. The highest BCUT2D eigenvalue weighted by Gasteiger charge is 2.38. The molecule has 0 amide bonds. The summed E-state index contributed by atoms with van der Waals surface area (Å²) in [5, 5.41) is 3.70. The molecule has 0 aliphatic rings. The third kappa shape index (κ3) is 5.58. The number of pyridine rings is 1. The third-order valence-corrected chi connectivity index (χ3v) is 6.43. The fraction of sp³-hybridized carbons (Fsp3) is 0.281. The van der Waals surface area contributed by atoms with Crippen molar-refractivity contribution in [3.63, 3.8) is 0 Å². The van der Waals surface area contributed by atoms with Gasteiger partial charge in [-0.1, -0.05) is 104 Å². The van der Waals surface area contributed by atoms with E-state index >= 15 is 4.39 Å². The largest absolute Gasteiger partial charge is 0.365 e. The number of rotatable bonds is 12. The molecule has 0 atom stereocenters. The Morgan fingerprint density at radius 1 is 0.757 bits per heavy atom. The van der Waals surface area contributed by atoms with E-state index < -0.39 is 11.8 Å². The maximum Gasteiger partial charge on any atom is 0.187 e. The van der Waals surface area contributed by atoms with E-state index in [9.17, 15) is 0 Å². The van der Waals surface area contributed by atoms with Gasteiger partial charge >= 0.3 is 0 Å². The second-order valence-electron chi connectivity index (χ2n) is 8.81. The van der Waals surface area contributed by atoms with Gasteiger partial charge in [0.25, 0.3) is 0 Å². The molecule has 0 radical (unpaired) electrons. The van der Waals surface area contributed by atoms with Gasteiger partial charge in [0.2, 0.25) is 0 Å². The zero-order chi connectivity index (χ0) is 26.1. The van der Waals surface area contributed by atoms with Crippen LogP contribution in [0.2, 0.25) is 0 Å². The van der Waals surface area contributed by atoms with Gasteiger partial charge in [-0.05, 0) is 37.0 Å². The van der Waals surface area contributed by atoms with E-state index in [-0.39, 0.29) is 5.82 Å². The number of halogens is 1. The van der Waals surface area contributed by atoms with Crippen molar-refractivity contribution in [3.05, 3.63) is 131 Å². The van der Waals surface area contributed by atoms with Crippen LogP contribution in [0.5, 0.6) is 0 Å². The average Bonchev–Trinajstić information content (AvgIpc) is 2.95. The maximum atomic E-state index is 16.4. The standard InChI is InChI=1S/C32H35FN2O2/c1-4-16-28-29(33)30(27(23-34-28)31(36-5-2)37-6-3)35-32(24-17-10-7-11-18-24,25-19-12-8-13-20-25)26-21-14-9-15-22-26/h7-15,17-23,31H,4-6,16H2,1-3H3,(H,34,35). The first kappa shape index (κ1) is 26.5. The van der Waals surface area contributed by atoms with Crippen molar-refractivity contribution in [2.45, 2.75) is 45.4 Å². The van der Waals surface area contributed by atoms with E-state index in [1.54, 1.807) is 6.20 Å². The number of aromatic nitrogens is 1. The molecule has 5 heteroatoms. The van der Waals surface area contributed by atoms with Crippen LogP contribution >= 0.6 is 0 Å². The fourth-order valence-corrected chi connectivity index (χ4v) is 4.76. The SMILES string of the molecule is CCCc1ncc(C(OCC)OCC)c(NC(c2ccccc2)(c2ccccc2)c2ccccc2)c1F. The Balaban J connectivity index is 2.03. The summed E-state index contributed by atoms with van der Waals surface area (Å²) in [6.07, 6.45) is 2.25. The van der Waals surface area contributed by atoms with E-state index in [1.807, 2.05) is 75.4 Å². The molecule has 0 bridgehead atoms. The lowest BCUT2D eigenvalue weighted by molar-refractivity contribution is -0.140. The number of aryl methyl sites for hydroxylation is 1. The second-order valence-corrected chi connectivity index (χ2v) is 8.81. The zero-order valence-electron chi connectivity index (χ0n) is 21.8. The fourth-order valence-electron chi connectivity index (χ4n) is 4.76. The minimum Gasteiger partial charge on any atom is -0.365 e. The Labute approximate surface area is 219 Å². The van der Waals surface area contributed by atoms with Crippen LogP contribution in [0, 0.1) is 5.82 Å². The van der Waals surface area contributed by atoms with Crippen molar-refractivity contribution in [2.75, 3.05) is 18.5 Å². The number of anilines is 1. The molecule has 0 fully saturated rings. The molecule has 0 unspecified atom stereocenters. The summed E-state index contributed by atoms with van der Waals surface area (Å²) in [5.41, 5.74) is 3.34. The summed E-state index contributed by atoms with van der Waals surface area (Å²) in [5.74, 6) is -0.379. The van der Waals surface area contributed by atoms with Gasteiger partial charge in [0.15, 0.2) is 12.1 Å². The molecule has 0 saturated heterocycles. The molecule has 1 heterocycles. The number of hydrogen-bond donors (Lipinski definition) is 1. The molecule has 1 aromatic heterocycles. The van der Waals surface area contributed by atoms with Crippen LogP contribution in [0.15, 0.2) is 97.2 Å². The first-order valence-electron chi connectivity index (χ1n) is 13.0. The van der Waals surface area contributed by atoms with Crippen LogP contribution in [0.25, 0.3) is 0 Å². The summed E-state index contributed by atoms with van der Waals surface area (Å²) >= 11 is 0. The summed E-state index contributed by atoms with van der Waals surface area (Å²) in [7, 11) is 0. The summed E-state index contributed by atoms with van der Waals surface area (Å²) < 4.78 is 28.3. The van der Waals surface area contributed by atoms with Crippen LogP contribution in [0.1, 0.15) is 61.4 Å². The van der Waals surface area contributed by atoms with Gasteiger partial charge in [-0.25, -0.2) is 4.39 Å². The lowest BCUT2D eigenvalue weighted by atomic mass is 9.76. The van der Waals surface area contributed by atoms with E-state index in [2.05, 4.69) is 46.7 Å². The lowest BCUT2D eigenvalue weighted by Gasteiger charge is -2.39. The quantitative estimate of drug-likeness (QED) is 0.161. The molecule has 4 rings (SSSR count). The summed E-state index contributed by atoms with van der Waals surface area (Å²) in [6, 6.07) is 30.4. The van der Waals surface area contributed by atoms with E-state index in [4.69, 9.17) is 9.47 Å². The van der Waals surface area contributed by atoms with Crippen molar-refractivity contribution in [3.8, 4) is 0 Å². The maximum absolute atomic E-state index is 16.4. The summed E-state index contributed by atoms with van der Waals surface area (Å²) in [6.45, 7) is 6.66. The predicted molar refractivity (Wildman–Crippen MR) is 147 cm³/mol. The molecule has 0 spiro atoms. The van der Waals surface area contributed by atoms with Gasteiger partial charge < -0.3 is 14.8 Å².